The number of thiazole rings is 1. The molecule has 174 valence electrons. The number of hydrogen-bond acceptors (Lipinski definition) is 7. The van der Waals surface area contributed by atoms with E-state index in [4.69, 9.17) is 0 Å². The topological polar surface area (TPSA) is 113 Å². The Hall–Kier alpha value is -3.63. The Balaban J connectivity index is 1.33. The number of rotatable bonds is 6. The van der Waals surface area contributed by atoms with Crippen LogP contribution in [0.15, 0.2) is 52.2 Å². The molecule has 1 aromatic carbocycles. The van der Waals surface area contributed by atoms with Crippen molar-refractivity contribution in [3.63, 3.8) is 0 Å². The van der Waals surface area contributed by atoms with Crippen LogP contribution in [0.4, 0.5) is 5.13 Å². The maximum atomic E-state index is 12.9. The molecule has 0 bridgehead atoms. The third-order valence-electron chi connectivity index (χ3n) is 5.82. The van der Waals surface area contributed by atoms with E-state index in [9.17, 15) is 14.4 Å². The van der Waals surface area contributed by atoms with Crippen molar-refractivity contribution in [1.82, 2.24) is 24.4 Å². The Morgan fingerprint density at radius 1 is 1.24 bits per heavy atom. The van der Waals surface area contributed by atoms with Crippen molar-refractivity contribution >= 4 is 33.4 Å². The zero-order valence-corrected chi connectivity index (χ0v) is 19.5. The van der Waals surface area contributed by atoms with Gasteiger partial charge in [-0.3, -0.25) is 29.4 Å². The lowest BCUT2D eigenvalue weighted by molar-refractivity contribution is 0.102. The normalized spacial score (nSPS) is 13.7. The van der Waals surface area contributed by atoms with Gasteiger partial charge < -0.3 is 0 Å². The molecule has 0 atom stereocenters. The fourth-order valence-electron chi connectivity index (χ4n) is 4.17. The van der Waals surface area contributed by atoms with Gasteiger partial charge in [0.15, 0.2) is 5.13 Å². The molecular weight excluding hydrogens is 452 g/mol. The largest absolute Gasteiger partial charge is 0.329 e. The van der Waals surface area contributed by atoms with Gasteiger partial charge in [-0.25, -0.2) is 14.8 Å². The number of benzene rings is 1. The monoisotopic (exact) mass is 476 g/mol. The Labute approximate surface area is 199 Å². The summed E-state index contributed by atoms with van der Waals surface area (Å²) in [6.07, 6.45) is 2.93. The van der Waals surface area contributed by atoms with E-state index in [0.29, 0.717) is 18.1 Å². The predicted octanol–water partition coefficient (Wildman–Crippen LogP) is 2.76. The number of H-pyrrole nitrogens is 1. The van der Waals surface area contributed by atoms with E-state index in [0.717, 1.165) is 36.6 Å². The lowest BCUT2D eigenvalue weighted by atomic mass is 10.1. The molecule has 3 aromatic heterocycles. The van der Waals surface area contributed by atoms with Gasteiger partial charge >= 0.3 is 5.69 Å². The number of aromatic nitrogens is 4. The Morgan fingerprint density at radius 3 is 2.85 bits per heavy atom. The summed E-state index contributed by atoms with van der Waals surface area (Å²) in [7, 11) is 0. The van der Waals surface area contributed by atoms with Crippen molar-refractivity contribution in [2.24, 2.45) is 0 Å². The molecule has 1 aliphatic heterocycles. The summed E-state index contributed by atoms with van der Waals surface area (Å²) in [6.45, 7) is 4.94. The first-order chi connectivity index (χ1) is 16.5. The van der Waals surface area contributed by atoms with Crippen LogP contribution >= 0.6 is 11.3 Å². The van der Waals surface area contributed by atoms with Crippen molar-refractivity contribution in [1.29, 1.82) is 0 Å². The Kier molecular flexibility index (Phi) is 6.08. The average molecular weight is 477 g/mol. The molecule has 0 fully saturated rings. The SMILES string of the molecule is CCCn1c(=O)[nH]c(=O)c2cc(C(=O)Nc3nc4c(s3)CN(Cc3ccccc3)CC4)cnc21. The van der Waals surface area contributed by atoms with Gasteiger partial charge in [0.2, 0.25) is 0 Å². The molecule has 34 heavy (non-hydrogen) atoms. The molecule has 0 unspecified atom stereocenters. The number of anilines is 1. The maximum Gasteiger partial charge on any atom is 0.329 e. The average Bonchev–Trinajstić information content (AvgIpc) is 3.23. The molecule has 10 heteroatoms. The second-order valence-corrected chi connectivity index (χ2v) is 9.38. The smallest absolute Gasteiger partial charge is 0.298 e. The number of aryl methyl sites for hydroxylation is 1. The second-order valence-electron chi connectivity index (χ2n) is 8.30. The molecule has 1 amide bonds. The minimum atomic E-state index is -0.558. The summed E-state index contributed by atoms with van der Waals surface area (Å²) in [5.41, 5.74) is 1.74. The minimum Gasteiger partial charge on any atom is -0.298 e. The molecule has 5 rings (SSSR count). The zero-order chi connectivity index (χ0) is 23.7. The van der Waals surface area contributed by atoms with Gasteiger partial charge in [-0.05, 0) is 18.1 Å². The molecular formula is C24H24N6O3S. The number of fused-ring (bicyclic) bond motifs is 2. The lowest BCUT2D eigenvalue weighted by Gasteiger charge is -2.25. The molecule has 1 aliphatic rings. The summed E-state index contributed by atoms with van der Waals surface area (Å²) < 4.78 is 1.41. The minimum absolute atomic E-state index is 0.204. The van der Waals surface area contributed by atoms with Crippen molar-refractivity contribution in [3.8, 4) is 0 Å². The quantitative estimate of drug-likeness (QED) is 0.443. The first-order valence-electron chi connectivity index (χ1n) is 11.2. The Morgan fingerprint density at radius 2 is 2.06 bits per heavy atom. The van der Waals surface area contributed by atoms with Crippen LogP contribution in [-0.2, 0) is 26.1 Å². The van der Waals surface area contributed by atoms with Crippen LogP contribution in [0, 0.1) is 0 Å². The van der Waals surface area contributed by atoms with Gasteiger partial charge in [-0.2, -0.15) is 0 Å². The molecule has 0 saturated heterocycles. The van der Waals surface area contributed by atoms with E-state index in [-0.39, 0.29) is 16.6 Å². The summed E-state index contributed by atoms with van der Waals surface area (Å²) >= 11 is 1.47. The van der Waals surface area contributed by atoms with Crippen molar-refractivity contribution in [2.75, 3.05) is 11.9 Å². The fraction of sp³-hybridized carbons (Fsp3) is 0.292. The molecule has 0 radical (unpaired) electrons. The zero-order valence-electron chi connectivity index (χ0n) is 18.7. The van der Waals surface area contributed by atoms with Crippen molar-refractivity contribution in [2.45, 2.75) is 39.4 Å². The molecule has 4 aromatic rings. The van der Waals surface area contributed by atoms with E-state index in [1.54, 1.807) is 0 Å². The fourth-order valence-corrected chi connectivity index (χ4v) is 5.22. The van der Waals surface area contributed by atoms with Gasteiger partial charge in [-0.15, -0.1) is 11.3 Å². The highest BCUT2D eigenvalue weighted by Crippen LogP contribution is 2.29. The third-order valence-corrected chi connectivity index (χ3v) is 6.82. The molecule has 0 aliphatic carbocycles. The van der Waals surface area contributed by atoms with Crippen molar-refractivity contribution < 1.29 is 4.79 Å². The van der Waals surface area contributed by atoms with Gasteiger partial charge in [0.05, 0.1) is 16.6 Å². The van der Waals surface area contributed by atoms with E-state index >= 15 is 0 Å². The molecule has 9 nitrogen and oxygen atoms in total. The van der Waals surface area contributed by atoms with Gasteiger partial charge in [-0.1, -0.05) is 37.3 Å². The summed E-state index contributed by atoms with van der Waals surface area (Å²) in [5, 5.41) is 3.58. The highest BCUT2D eigenvalue weighted by Gasteiger charge is 2.22. The van der Waals surface area contributed by atoms with E-state index < -0.39 is 17.2 Å². The third kappa shape index (κ3) is 4.42. The number of nitrogens with one attached hydrogen (secondary N) is 2. The van der Waals surface area contributed by atoms with E-state index in [2.05, 4.69) is 37.3 Å². The number of aromatic amines is 1. The highest BCUT2D eigenvalue weighted by atomic mass is 32.1. The van der Waals surface area contributed by atoms with Crippen LogP contribution in [-0.4, -0.2) is 36.9 Å². The van der Waals surface area contributed by atoms with Crippen LogP contribution in [0.2, 0.25) is 0 Å². The molecule has 2 N–H and O–H groups in total. The van der Waals surface area contributed by atoms with Crippen molar-refractivity contribution in [3.05, 3.63) is 85.1 Å². The van der Waals surface area contributed by atoms with E-state index in [1.165, 1.54) is 33.7 Å². The number of carbonyl (C=O) groups excluding carboxylic acids is 1. The van der Waals surface area contributed by atoms with Gasteiger partial charge in [0, 0.05) is 43.7 Å². The summed E-state index contributed by atoms with van der Waals surface area (Å²) in [4.78, 5) is 52.0. The number of carbonyl (C=O) groups is 1. The highest BCUT2D eigenvalue weighted by molar-refractivity contribution is 7.15. The molecule has 0 saturated carbocycles. The van der Waals surface area contributed by atoms with Crippen LogP contribution in [0.25, 0.3) is 11.0 Å². The van der Waals surface area contributed by atoms with Crippen LogP contribution in [0.1, 0.15) is 39.8 Å². The summed E-state index contributed by atoms with van der Waals surface area (Å²) in [5.74, 6) is -0.394. The number of hydrogen-bond donors (Lipinski definition) is 2. The lowest BCUT2D eigenvalue weighted by Crippen LogP contribution is -2.31. The van der Waals surface area contributed by atoms with E-state index in [1.807, 2.05) is 25.1 Å². The first-order valence-corrected chi connectivity index (χ1v) is 12.0. The predicted molar refractivity (Wildman–Crippen MR) is 131 cm³/mol. The van der Waals surface area contributed by atoms with Crippen LogP contribution in [0.3, 0.4) is 0 Å². The van der Waals surface area contributed by atoms with Crippen LogP contribution in [0.5, 0.6) is 0 Å². The standard InChI is InChI=1S/C24H24N6O3S/c1-2-9-30-20-17(22(32)28-24(30)33)11-16(12-25-20)21(31)27-23-26-18-8-10-29(14-19(18)34-23)13-15-6-4-3-5-7-15/h3-7,11-12H,2,8-10,13-14H2,1H3,(H,26,27,31)(H,28,32,33). The number of amides is 1. The second kappa shape index (κ2) is 9.32. The van der Waals surface area contributed by atoms with Gasteiger partial charge in [0.25, 0.3) is 11.5 Å². The molecule has 4 heterocycles. The van der Waals surface area contributed by atoms with Gasteiger partial charge in [0.1, 0.15) is 5.65 Å². The van der Waals surface area contributed by atoms with Crippen LogP contribution < -0.4 is 16.6 Å². The summed E-state index contributed by atoms with van der Waals surface area (Å²) in [6, 6.07) is 11.8. The Bertz CT molecular complexity index is 1470. The maximum absolute atomic E-state index is 12.9. The number of pyridine rings is 1. The first kappa shape index (κ1) is 22.2. The number of nitrogens with zero attached hydrogens (tertiary/aromatic N) is 4. The molecule has 0 spiro atoms.